The molecule has 0 aliphatic rings. The quantitative estimate of drug-likeness (QED) is 0.307. The number of nitrogens with zero attached hydrogens (tertiary/aromatic N) is 4. The first-order valence-corrected chi connectivity index (χ1v) is 10.5. The minimum atomic E-state index is -4.46. The van der Waals surface area contributed by atoms with Crippen LogP contribution in [0.2, 0.25) is 0 Å². The first kappa shape index (κ1) is 21.9. The predicted molar refractivity (Wildman–Crippen MR) is 110 cm³/mol. The summed E-state index contributed by atoms with van der Waals surface area (Å²) in [5, 5.41) is 11.8. The van der Waals surface area contributed by atoms with Gasteiger partial charge in [-0.1, -0.05) is 41.2 Å². The lowest BCUT2D eigenvalue weighted by Gasteiger charge is -2.06. The summed E-state index contributed by atoms with van der Waals surface area (Å²) >= 11 is 1.19. The summed E-state index contributed by atoms with van der Waals surface area (Å²) in [5.41, 5.74) is 0.0973. The van der Waals surface area contributed by atoms with Gasteiger partial charge in [-0.3, -0.25) is 0 Å². The molecule has 0 saturated carbocycles. The lowest BCUT2D eigenvalue weighted by Crippen LogP contribution is -2.04. The maximum atomic E-state index is 13.0. The van der Waals surface area contributed by atoms with Crippen molar-refractivity contribution in [1.82, 2.24) is 20.3 Å². The fraction of sp³-hybridized carbons (Fsp3) is 0.238. The van der Waals surface area contributed by atoms with Crippen LogP contribution in [0.4, 0.5) is 13.2 Å². The third kappa shape index (κ3) is 4.77. The molecular formula is C21H17F3N4O3S. The lowest BCUT2D eigenvalue weighted by atomic mass is 10.1. The Labute approximate surface area is 185 Å². The van der Waals surface area contributed by atoms with E-state index < -0.39 is 11.7 Å². The van der Waals surface area contributed by atoms with Crippen molar-refractivity contribution in [2.24, 2.45) is 0 Å². The molecule has 0 N–H and O–H groups in total. The van der Waals surface area contributed by atoms with Crippen molar-refractivity contribution in [3.63, 3.8) is 0 Å². The highest BCUT2D eigenvalue weighted by Gasteiger charge is 2.31. The van der Waals surface area contributed by atoms with Gasteiger partial charge in [-0.25, -0.2) is 0 Å². The van der Waals surface area contributed by atoms with E-state index >= 15 is 0 Å². The summed E-state index contributed by atoms with van der Waals surface area (Å²) in [7, 11) is 0. The van der Waals surface area contributed by atoms with Crippen LogP contribution >= 0.6 is 11.8 Å². The number of benzene rings is 2. The molecule has 7 nitrogen and oxygen atoms in total. The molecule has 4 rings (SSSR count). The third-order valence-corrected chi connectivity index (χ3v) is 5.26. The van der Waals surface area contributed by atoms with Crippen LogP contribution in [0.5, 0.6) is 5.75 Å². The molecule has 1 atom stereocenters. The molecular weight excluding hydrogens is 445 g/mol. The molecule has 0 fully saturated rings. The number of para-hydroxylation sites is 1. The topological polar surface area (TPSA) is 87.1 Å². The first-order valence-electron chi connectivity index (χ1n) is 9.58. The molecule has 4 aromatic rings. The van der Waals surface area contributed by atoms with Crippen LogP contribution in [-0.4, -0.2) is 26.9 Å². The van der Waals surface area contributed by atoms with Gasteiger partial charge in [0.1, 0.15) is 5.75 Å². The predicted octanol–water partition coefficient (Wildman–Crippen LogP) is 6.06. The van der Waals surface area contributed by atoms with E-state index in [0.717, 1.165) is 12.1 Å². The molecule has 0 radical (unpaired) electrons. The Balaban J connectivity index is 1.50. The number of halogens is 3. The van der Waals surface area contributed by atoms with Crippen LogP contribution in [0, 0.1) is 0 Å². The minimum absolute atomic E-state index is 0.0652. The van der Waals surface area contributed by atoms with Crippen LogP contribution in [-0.2, 0) is 6.18 Å². The Morgan fingerprint density at radius 2 is 1.91 bits per heavy atom. The second kappa shape index (κ2) is 9.03. The van der Waals surface area contributed by atoms with E-state index in [1.165, 1.54) is 23.9 Å². The number of rotatable bonds is 7. The fourth-order valence-electron chi connectivity index (χ4n) is 2.84. The summed E-state index contributed by atoms with van der Waals surface area (Å²) in [6.45, 7) is 4.16. The van der Waals surface area contributed by atoms with Crippen molar-refractivity contribution < 1.29 is 26.8 Å². The summed E-state index contributed by atoms with van der Waals surface area (Å²) < 4.78 is 55.4. The van der Waals surface area contributed by atoms with E-state index in [2.05, 4.69) is 20.3 Å². The molecule has 2 aromatic carbocycles. The van der Waals surface area contributed by atoms with E-state index in [1.54, 1.807) is 6.92 Å². The zero-order valence-electron chi connectivity index (χ0n) is 17.0. The molecule has 0 aliphatic carbocycles. The van der Waals surface area contributed by atoms with Crippen LogP contribution in [0.25, 0.3) is 22.8 Å². The van der Waals surface area contributed by atoms with Crippen molar-refractivity contribution in [2.75, 3.05) is 6.61 Å². The molecule has 0 spiro atoms. The van der Waals surface area contributed by atoms with E-state index in [-0.39, 0.29) is 27.8 Å². The van der Waals surface area contributed by atoms with Crippen LogP contribution < -0.4 is 4.74 Å². The molecule has 11 heteroatoms. The van der Waals surface area contributed by atoms with E-state index in [4.69, 9.17) is 13.7 Å². The van der Waals surface area contributed by atoms with Gasteiger partial charge < -0.3 is 13.7 Å². The average molecular weight is 462 g/mol. The van der Waals surface area contributed by atoms with Crippen LogP contribution in [0.3, 0.4) is 0 Å². The standard InChI is InChI=1S/C21H17F3N4O3S/c1-3-29-16-10-5-4-9-15(16)19-26-27-20(30-19)32-12(2)18-25-17(28-31-18)13-7-6-8-14(11-13)21(22,23)24/h4-12H,3H2,1-2H3. The van der Waals surface area contributed by atoms with Gasteiger partial charge in [0.15, 0.2) is 0 Å². The van der Waals surface area contributed by atoms with Crippen molar-refractivity contribution in [2.45, 2.75) is 30.5 Å². The van der Waals surface area contributed by atoms with Gasteiger partial charge in [-0.15, -0.1) is 10.2 Å². The molecule has 32 heavy (non-hydrogen) atoms. The Morgan fingerprint density at radius 1 is 1.09 bits per heavy atom. The van der Waals surface area contributed by atoms with Crippen LogP contribution in [0.1, 0.15) is 30.6 Å². The summed E-state index contributed by atoms with van der Waals surface area (Å²) in [5.74, 6) is 1.22. The number of hydrogen-bond donors (Lipinski definition) is 0. The summed E-state index contributed by atoms with van der Waals surface area (Å²) in [6.07, 6.45) is -4.46. The van der Waals surface area contributed by atoms with Gasteiger partial charge in [0.2, 0.25) is 11.7 Å². The zero-order valence-corrected chi connectivity index (χ0v) is 17.8. The number of ether oxygens (including phenoxy) is 1. The largest absolute Gasteiger partial charge is 0.493 e. The normalized spacial score (nSPS) is 12.7. The molecule has 1 unspecified atom stereocenters. The minimum Gasteiger partial charge on any atom is -0.493 e. The monoisotopic (exact) mass is 462 g/mol. The Bertz CT molecular complexity index is 1210. The Kier molecular flexibility index (Phi) is 6.17. The maximum absolute atomic E-state index is 13.0. The van der Waals surface area contributed by atoms with Gasteiger partial charge in [-0.05, 0) is 38.1 Å². The third-order valence-electron chi connectivity index (χ3n) is 4.34. The number of alkyl halides is 3. The van der Waals surface area contributed by atoms with E-state index in [0.29, 0.717) is 23.8 Å². The second-order valence-electron chi connectivity index (χ2n) is 6.60. The van der Waals surface area contributed by atoms with Crippen LogP contribution in [0.15, 0.2) is 62.7 Å². The molecule has 0 amide bonds. The Morgan fingerprint density at radius 3 is 2.69 bits per heavy atom. The van der Waals surface area contributed by atoms with Gasteiger partial charge in [0.25, 0.3) is 11.1 Å². The molecule has 166 valence electrons. The lowest BCUT2D eigenvalue weighted by molar-refractivity contribution is -0.137. The fourth-order valence-corrected chi connectivity index (χ4v) is 3.56. The SMILES string of the molecule is CCOc1ccccc1-c1nnc(SC(C)c2nc(-c3cccc(C(F)(F)F)c3)no2)o1. The molecule has 0 aliphatic heterocycles. The van der Waals surface area contributed by atoms with E-state index in [1.807, 2.05) is 31.2 Å². The van der Waals surface area contributed by atoms with Crippen molar-refractivity contribution in [3.8, 4) is 28.6 Å². The van der Waals surface area contributed by atoms with Crippen molar-refractivity contribution in [3.05, 3.63) is 60.0 Å². The summed E-state index contributed by atoms with van der Waals surface area (Å²) in [4.78, 5) is 4.23. The average Bonchev–Trinajstić information content (AvgIpc) is 3.44. The smallest absolute Gasteiger partial charge is 0.416 e. The number of hydrogen-bond acceptors (Lipinski definition) is 8. The van der Waals surface area contributed by atoms with Crippen molar-refractivity contribution >= 4 is 11.8 Å². The van der Waals surface area contributed by atoms with E-state index in [9.17, 15) is 13.2 Å². The molecule has 0 bridgehead atoms. The highest BCUT2D eigenvalue weighted by Crippen LogP contribution is 2.37. The molecule has 2 heterocycles. The highest BCUT2D eigenvalue weighted by molar-refractivity contribution is 7.99. The van der Waals surface area contributed by atoms with Gasteiger partial charge in [0, 0.05) is 5.56 Å². The highest BCUT2D eigenvalue weighted by atomic mass is 32.2. The first-order chi connectivity index (χ1) is 15.3. The van der Waals surface area contributed by atoms with Gasteiger partial charge >= 0.3 is 6.18 Å². The molecule has 2 aromatic heterocycles. The number of thioether (sulfide) groups is 1. The van der Waals surface area contributed by atoms with Crippen molar-refractivity contribution in [1.29, 1.82) is 0 Å². The maximum Gasteiger partial charge on any atom is 0.416 e. The van der Waals surface area contributed by atoms with Gasteiger partial charge in [0.05, 0.1) is 23.0 Å². The Hall–Kier alpha value is -3.34. The summed E-state index contributed by atoms with van der Waals surface area (Å²) in [6, 6.07) is 12.1. The zero-order chi connectivity index (χ0) is 22.7. The van der Waals surface area contributed by atoms with Gasteiger partial charge in [-0.2, -0.15) is 18.2 Å². The molecule has 0 saturated heterocycles. The second-order valence-corrected chi connectivity index (χ2v) is 7.89. The number of aromatic nitrogens is 4.